The van der Waals surface area contributed by atoms with Gasteiger partial charge in [0.25, 0.3) is 0 Å². The van der Waals surface area contributed by atoms with Gasteiger partial charge in [-0.05, 0) is 25.7 Å². The summed E-state index contributed by atoms with van der Waals surface area (Å²) in [4.78, 5) is 18.0. The Labute approximate surface area is 112 Å². The molecule has 1 N–H and O–H groups in total. The molecule has 2 rings (SSSR count). The highest BCUT2D eigenvalue weighted by Gasteiger charge is 2.35. The van der Waals surface area contributed by atoms with Crippen LogP contribution in [-0.2, 0) is 10.2 Å². The zero-order valence-corrected chi connectivity index (χ0v) is 12.2. The summed E-state index contributed by atoms with van der Waals surface area (Å²) in [5.41, 5.74) is 0.0673. The number of carboxylic acids is 1. The molecule has 100 valence electrons. The van der Waals surface area contributed by atoms with Crippen LogP contribution in [0.1, 0.15) is 39.8 Å². The maximum Gasteiger partial charge on any atom is 0.315 e. The summed E-state index contributed by atoms with van der Waals surface area (Å²) in [6, 6.07) is 0. The van der Waals surface area contributed by atoms with Crippen molar-refractivity contribution in [2.45, 2.75) is 39.5 Å². The normalized spacial score (nSPS) is 19.2. The van der Waals surface area contributed by atoms with E-state index in [0.29, 0.717) is 11.1 Å². The standard InChI is InChI=1S/C13H20N2O2S/c1-12(2)5-6-15(8-12)11-14-9(7-18-11)13(3,4)10(16)17/h7H,5-6,8H2,1-4H3,(H,16,17). The lowest BCUT2D eigenvalue weighted by Gasteiger charge is -2.19. The van der Waals surface area contributed by atoms with Gasteiger partial charge in [0, 0.05) is 18.5 Å². The summed E-state index contributed by atoms with van der Waals surface area (Å²) in [6.45, 7) is 9.90. The molecule has 0 radical (unpaired) electrons. The molecule has 18 heavy (non-hydrogen) atoms. The molecule has 5 heteroatoms. The summed E-state index contributed by atoms with van der Waals surface area (Å²) in [6.07, 6.45) is 1.16. The molecule has 0 atom stereocenters. The lowest BCUT2D eigenvalue weighted by molar-refractivity contribution is -0.142. The molecule has 0 unspecified atom stereocenters. The van der Waals surface area contributed by atoms with Gasteiger partial charge < -0.3 is 10.0 Å². The van der Waals surface area contributed by atoms with Gasteiger partial charge in [0.1, 0.15) is 5.41 Å². The minimum Gasteiger partial charge on any atom is -0.481 e. The van der Waals surface area contributed by atoms with Crippen molar-refractivity contribution >= 4 is 22.4 Å². The molecule has 1 aromatic rings. The number of hydrogen-bond acceptors (Lipinski definition) is 4. The van der Waals surface area contributed by atoms with Crippen LogP contribution >= 0.6 is 11.3 Å². The zero-order valence-electron chi connectivity index (χ0n) is 11.4. The minimum absolute atomic E-state index is 0.328. The maximum absolute atomic E-state index is 11.2. The Morgan fingerprint density at radius 1 is 1.56 bits per heavy atom. The smallest absolute Gasteiger partial charge is 0.315 e. The summed E-state index contributed by atoms with van der Waals surface area (Å²) >= 11 is 1.54. The van der Waals surface area contributed by atoms with Crippen LogP contribution in [0.2, 0.25) is 0 Å². The fourth-order valence-corrected chi connectivity index (χ4v) is 3.10. The number of carbonyl (C=O) groups is 1. The number of aliphatic carboxylic acids is 1. The third kappa shape index (κ3) is 2.36. The Hall–Kier alpha value is -1.10. The Bertz CT molecular complexity index is 465. The van der Waals surface area contributed by atoms with Gasteiger partial charge in [-0.1, -0.05) is 13.8 Å². The quantitative estimate of drug-likeness (QED) is 0.916. The monoisotopic (exact) mass is 268 g/mol. The van der Waals surface area contributed by atoms with Gasteiger partial charge in [-0.25, -0.2) is 4.98 Å². The highest BCUT2D eigenvalue weighted by atomic mass is 32.1. The third-order valence-corrected chi connectivity index (χ3v) is 4.52. The molecular formula is C13H20N2O2S. The maximum atomic E-state index is 11.2. The van der Waals surface area contributed by atoms with Crippen LogP contribution < -0.4 is 4.90 Å². The molecule has 0 spiro atoms. The molecule has 0 aromatic carbocycles. The summed E-state index contributed by atoms with van der Waals surface area (Å²) in [5.74, 6) is -0.832. The van der Waals surface area contributed by atoms with Gasteiger partial charge in [-0.3, -0.25) is 4.79 Å². The molecule has 0 amide bonds. The highest BCUT2D eigenvalue weighted by molar-refractivity contribution is 7.13. The number of aromatic nitrogens is 1. The van der Waals surface area contributed by atoms with Gasteiger partial charge in [0.05, 0.1) is 5.69 Å². The number of thiazole rings is 1. The van der Waals surface area contributed by atoms with Gasteiger partial charge in [-0.15, -0.1) is 11.3 Å². The molecule has 1 saturated heterocycles. The number of nitrogens with zero attached hydrogens (tertiary/aromatic N) is 2. The molecule has 0 saturated carbocycles. The minimum atomic E-state index is -0.913. The SMILES string of the molecule is CC1(C)CCN(c2nc(C(C)(C)C(=O)O)cs2)C1. The molecule has 0 aliphatic carbocycles. The van der Waals surface area contributed by atoms with E-state index in [4.69, 9.17) is 0 Å². The van der Waals surface area contributed by atoms with E-state index < -0.39 is 11.4 Å². The van der Waals surface area contributed by atoms with Crippen LogP contribution in [0.5, 0.6) is 0 Å². The van der Waals surface area contributed by atoms with Crippen molar-refractivity contribution in [1.29, 1.82) is 0 Å². The number of hydrogen-bond donors (Lipinski definition) is 1. The molecular weight excluding hydrogens is 248 g/mol. The molecule has 4 nitrogen and oxygen atoms in total. The van der Waals surface area contributed by atoms with E-state index in [1.54, 1.807) is 25.2 Å². The first-order valence-electron chi connectivity index (χ1n) is 6.17. The van der Waals surface area contributed by atoms with Crippen LogP contribution in [-0.4, -0.2) is 29.1 Å². The van der Waals surface area contributed by atoms with Crippen molar-refractivity contribution < 1.29 is 9.90 Å². The second kappa shape index (κ2) is 4.23. The lowest BCUT2D eigenvalue weighted by Crippen LogP contribution is -2.29. The number of anilines is 1. The van der Waals surface area contributed by atoms with Crippen LogP contribution in [0.3, 0.4) is 0 Å². The second-order valence-electron chi connectivity index (χ2n) is 6.28. The van der Waals surface area contributed by atoms with Gasteiger partial charge in [-0.2, -0.15) is 0 Å². The molecule has 1 aromatic heterocycles. The Morgan fingerprint density at radius 2 is 2.22 bits per heavy atom. The lowest BCUT2D eigenvalue weighted by atomic mass is 9.90. The van der Waals surface area contributed by atoms with Crippen LogP contribution in [0.15, 0.2) is 5.38 Å². The first-order chi connectivity index (χ1) is 8.22. The van der Waals surface area contributed by atoms with Gasteiger partial charge in [0.15, 0.2) is 5.13 Å². The van der Waals surface area contributed by atoms with Crippen molar-refractivity contribution in [3.05, 3.63) is 11.1 Å². The number of rotatable bonds is 3. The first-order valence-corrected chi connectivity index (χ1v) is 7.05. The van der Waals surface area contributed by atoms with E-state index in [1.807, 2.05) is 5.38 Å². The summed E-state index contributed by atoms with van der Waals surface area (Å²) < 4.78 is 0. The predicted molar refractivity (Wildman–Crippen MR) is 73.4 cm³/mol. The Balaban J connectivity index is 2.19. The molecule has 0 bridgehead atoms. The van der Waals surface area contributed by atoms with Crippen molar-refractivity contribution in [3.8, 4) is 0 Å². The average molecular weight is 268 g/mol. The van der Waals surface area contributed by atoms with Crippen molar-refractivity contribution in [2.75, 3.05) is 18.0 Å². The Morgan fingerprint density at radius 3 is 2.72 bits per heavy atom. The van der Waals surface area contributed by atoms with E-state index in [2.05, 4.69) is 23.7 Å². The zero-order chi connectivity index (χ0) is 13.6. The second-order valence-corrected chi connectivity index (χ2v) is 7.12. The van der Waals surface area contributed by atoms with E-state index in [9.17, 15) is 9.90 Å². The van der Waals surface area contributed by atoms with E-state index in [1.165, 1.54) is 0 Å². The van der Waals surface area contributed by atoms with E-state index >= 15 is 0 Å². The van der Waals surface area contributed by atoms with E-state index in [0.717, 1.165) is 24.6 Å². The molecule has 1 fully saturated rings. The summed E-state index contributed by atoms with van der Waals surface area (Å²) in [5, 5.41) is 12.0. The number of carboxylic acid groups (broad SMARTS) is 1. The van der Waals surface area contributed by atoms with Crippen LogP contribution in [0.4, 0.5) is 5.13 Å². The predicted octanol–water partition coefficient (Wildman–Crippen LogP) is 2.74. The van der Waals surface area contributed by atoms with Crippen LogP contribution in [0.25, 0.3) is 0 Å². The summed E-state index contributed by atoms with van der Waals surface area (Å²) in [7, 11) is 0. The fraction of sp³-hybridized carbons (Fsp3) is 0.692. The third-order valence-electron chi connectivity index (χ3n) is 3.61. The van der Waals surface area contributed by atoms with Crippen molar-refractivity contribution in [2.24, 2.45) is 5.41 Å². The molecule has 1 aliphatic rings. The van der Waals surface area contributed by atoms with Gasteiger partial charge in [0.2, 0.25) is 0 Å². The molecule has 2 heterocycles. The fourth-order valence-electron chi connectivity index (χ4n) is 2.08. The van der Waals surface area contributed by atoms with E-state index in [-0.39, 0.29) is 0 Å². The topological polar surface area (TPSA) is 53.4 Å². The van der Waals surface area contributed by atoms with Crippen LogP contribution in [0, 0.1) is 5.41 Å². The molecule has 1 aliphatic heterocycles. The largest absolute Gasteiger partial charge is 0.481 e. The highest BCUT2D eigenvalue weighted by Crippen LogP contribution is 2.35. The van der Waals surface area contributed by atoms with Crippen molar-refractivity contribution in [1.82, 2.24) is 4.98 Å². The first kappa shape index (κ1) is 13.3. The van der Waals surface area contributed by atoms with Gasteiger partial charge >= 0.3 is 5.97 Å². The average Bonchev–Trinajstić information content (AvgIpc) is 2.83. The Kier molecular flexibility index (Phi) is 3.13. The van der Waals surface area contributed by atoms with Crippen molar-refractivity contribution in [3.63, 3.8) is 0 Å².